The number of nitrogens with one attached hydrogen (secondary N) is 2. The van der Waals surface area contributed by atoms with Gasteiger partial charge in [-0.15, -0.1) is 11.8 Å². The molecule has 0 radical (unpaired) electrons. The molecule has 0 fully saturated rings. The van der Waals surface area contributed by atoms with Crippen LogP contribution in [0.1, 0.15) is 27.3 Å². The van der Waals surface area contributed by atoms with Gasteiger partial charge in [0.05, 0.1) is 22.1 Å². The van der Waals surface area contributed by atoms with Crippen LogP contribution >= 0.6 is 11.8 Å². The number of aromatic amines is 1. The van der Waals surface area contributed by atoms with E-state index in [4.69, 9.17) is 0 Å². The van der Waals surface area contributed by atoms with Crippen molar-refractivity contribution < 1.29 is 18.0 Å². The lowest BCUT2D eigenvalue weighted by molar-refractivity contribution is -0.107. The van der Waals surface area contributed by atoms with Crippen molar-refractivity contribution >= 4 is 50.6 Å². The van der Waals surface area contributed by atoms with Crippen LogP contribution in [0.5, 0.6) is 0 Å². The van der Waals surface area contributed by atoms with Crippen molar-refractivity contribution in [2.75, 3.05) is 17.9 Å². The number of hydrogen-bond acceptors (Lipinski definition) is 6. The molecule has 0 spiro atoms. The summed E-state index contributed by atoms with van der Waals surface area (Å²) in [7, 11) is -2.41. The van der Waals surface area contributed by atoms with Crippen molar-refractivity contribution in [2.24, 2.45) is 0 Å². The molecule has 192 valence electrons. The molecule has 4 aromatic rings. The number of pyridine rings is 1. The topological polar surface area (TPSA) is 112 Å². The highest BCUT2D eigenvalue weighted by Crippen LogP contribution is 2.32. The Kier molecular flexibility index (Phi) is 7.99. The number of aryl methyl sites for hydroxylation is 2. The maximum atomic E-state index is 13.4. The number of H-pyrrole nitrogens is 1. The van der Waals surface area contributed by atoms with Crippen LogP contribution in [0, 0.1) is 13.8 Å². The fourth-order valence-corrected chi connectivity index (χ4v) is 6.22. The number of aromatic nitrogens is 2. The number of carbonyl (C=O) groups excluding carboxylic acids is 2. The van der Waals surface area contributed by atoms with E-state index < -0.39 is 15.3 Å². The third kappa shape index (κ3) is 5.70. The van der Waals surface area contributed by atoms with E-state index in [9.17, 15) is 18.0 Å². The van der Waals surface area contributed by atoms with Gasteiger partial charge in [-0.3, -0.25) is 14.1 Å². The zero-order valence-corrected chi connectivity index (χ0v) is 22.4. The lowest BCUT2D eigenvalue weighted by atomic mass is 10.1. The average molecular weight is 537 g/mol. The van der Waals surface area contributed by atoms with E-state index in [-0.39, 0.29) is 23.0 Å². The molecule has 0 aliphatic heterocycles. The van der Waals surface area contributed by atoms with Gasteiger partial charge < -0.3 is 15.1 Å². The normalized spacial score (nSPS) is 12.3. The summed E-state index contributed by atoms with van der Waals surface area (Å²) < 4.78 is 27.9. The number of nitrogens with zero attached hydrogens (tertiary/aromatic N) is 2. The number of anilines is 1. The van der Waals surface area contributed by atoms with Gasteiger partial charge in [0.1, 0.15) is 16.9 Å². The van der Waals surface area contributed by atoms with Gasteiger partial charge in [-0.2, -0.15) is 0 Å². The van der Waals surface area contributed by atoms with Crippen LogP contribution in [0.2, 0.25) is 0 Å². The first kappa shape index (κ1) is 26.4. The maximum Gasteiger partial charge on any atom is 0.267 e. The number of thioether (sulfide) groups is 1. The second kappa shape index (κ2) is 11.2. The minimum absolute atomic E-state index is 0.114. The molecule has 0 saturated carbocycles. The summed E-state index contributed by atoms with van der Waals surface area (Å²) in [5, 5.41) is 3.15. The Hall–Kier alpha value is -3.63. The fraction of sp³-hybridized carbons (Fsp3) is 0.222. The molecule has 4 rings (SSSR count). The van der Waals surface area contributed by atoms with Crippen molar-refractivity contribution in [3.63, 3.8) is 0 Å². The SMILES string of the molecule is Cc1ncccc1S(=O)(=O)N(C)c1ccc(C)c2cc(C(=O)NCC(C=O)SCc3ccccc3)[nH]c12. The van der Waals surface area contributed by atoms with E-state index in [0.29, 0.717) is 22.7 Å². The molecule has 0 aliphatic rings. The van der Waals surface area contributed by atoms with Gasteiger partial charge in [0.2, 0.25) is 0 Å². The van der Waals surface area contributed by atoms with E-state index in [1.54, 1.807) is 31.3 Å². The molecule has 8 nitrogen and oxygen atoms in total. The Labute approximate surface area is 220 Å². The smallest absolute Gasteiger partial charge is 0.267 e. The molecular formula is C27H28N4O4S2. The first-order valence-electron chi connectivity index (χ1n) is 11.6. The minimum Gasteiger partial charge on any atom is -0.349 e. The highest BCUT2D eigenvalue weighted by atomic mass is 32.2. The molecule has 2 N–H and O–H groups in total. The van der Waals surface area contributed by atoms with Crippen LogP contribution in [0.4, 0.5) is 5.69 Å². The third-order valence-corrected chi connectivity index (χ3v) is 9.20. The Morgan fingerprint density at radius 3 is 2.59 bits per heavy atom. The zero-order chi connectivity index (χ0) is 26.6. The van der Waals surface area contributed by atoms with Gasteiger partial charge in [0, 0.05) is 30.9 Å². The molecular weight excluding hydrogens is 508 g/mol. The standard InChI is InChI=1S/C27H28N4O4S2/c1-18-11-12-24(31(3)37(34,35)25-10-7-13-28-19(25)2)26-22(18)14-23(30-26)27(33)29-15-21(16-32)36-17-20-8-5-4-6-9-20/h4-14,16,21,30H,15,17H2,1-3H3,(H,29,33). The first-order chi connectivity index (χ1) is 17.7. The molecule has 2 heterocycles. The van der Waals surface area contributed by atoms with Crippen LogP contribution in [0.25, 0.3) is 10.9 Å². The summed E-state index contributed by atoms with van der Waals surface area (Å²) in [5.74, 6) is 0.286. The largest absolute Gasteiger partial charge is 0.349 e. The van der Waals surface area contributed by atoms with Gasteiger partial charge >= 0.3 is 0 Å². The number of aldehydes is 1. The predicted molar refractivity (Wildman–Crippen MR) is 148 cm³/mol. The monoisotopic (exact) mass is 536 g/mol. The van der Waals surface area contributed by atoms with Crippen molar-refractivity contribution in [1.82, 2.24) is 15.3 Å². The quantitative estimate of drug-likeness (QED) is 0.293. The molecule has 0 aliphatic carbocycles. The fourth-order valence-electron chi connectivity index (χ4n) is 3.96. The summed E-state index contributed by atoms with van der Waals surface area (Å²) in [6.45, 7) is 3.72. The van der Waals surface area contributed by atoms with Gasteiger partial charge in [0.25, 0.3) is 15.9 Å². The van der Waals surface area contributed by atoms with Crippen LogP contribution in [-0.2, 0) is 20.6 Å². The van der Waals surface area contributed by atoms with Crippen molar-refractivity contribution in [1.29, 1.82) is 0 Å². The lowest BCUT2D eigenvalue weighted by Gasteiger charge is -2.21. The van der Waals surface area contributed by atoms with Gasteiger partial charge in [-0.1, -0.05) is 36.4 Å². The second-order valence-electron chi connectivity index (χ2n) is 8.61. The molecule has 37 heavy (non-hydrogen) atoms. The van der Waals surface area contributed by atoms with E-state index in [1.807, 2.05) is 43.3 Å². The minimum atomic E-state index is -3.88. The number of benzene rings is 2. The Balaban J connectivity index is 1.54. The highest BCUT2D eigenvalue weighted by Gasteiger charge is 2.26. The maximum absolute atomic E-state index is 13.4. The molecule has 2 aromatic heterocycles. The zero-order valence-electron chi connectivity index (χ0n) is 20.8. The number of sulfonamides is 1. The third-order valence-electron chi connectivity index (χ3n) is 6.09. The Morgan fingerprint density at radius 1 is 1.14 bits per heavy atom. The van der Waals surface area contributed by atoms with E-state index >= 15 is 0 Å². The van der Waals surface area contributed by atoms with Gasteiger partial charge in [0.15, 0.2) is 0 Å². The summed E-state index contributed by atoms with van der Waals surface area (Å²) in [6, 6.07) is 18.1. The summed E-state index contributed by atoms with van der Waals surface area (Å²) in [4.78, 5) is 31.8. The van der Waals surface area contributed by atoms with Gasteiger partial charge in [-0.25, -0.2) is 8.42 Å². The highest BCUT2D eigenvalue weighted by molar-refractivity contribution is 7.99. The second-order valence-corrected chi connectivity index (χ2v) is 11.8. The number of carbonyl (C=O) groups is 2. The molecule has 1 atom stereocenters. The van der Waals surface area contributed by atoms with E-state index in [1.165, 1.54) is 29.2 Å². The number of fused-ring (bicyclic) bond motifs is 1. The van der Waals surface area contributed by atoms with E-state index in [2.05, 4.69) is 15.3 Å². The molecule has 0 bridgehead atoms. The van der Waals surface area contributed by atoms with Crippen molar-refractivity contribution in [2.45, 2.75) is 29.7 Å². The summed E-state index contributed by atoms with van der Waals surface area (Å²) >= 11 is 1.46. The van der Waals surface area contributed by atoms with Gasteiger partial charge in [-0.05, 0) is 49.2 Å². The van der Waals surface area contributed by atoms with Crippen LogP contribution in [0.15, 0.2) is 71.8 Å². The first-order valence-corrected chi connectivity index (χ1v) is 14.1. The van der Waals surface area contributed by atoms with E-state index in [0.717, 1.165) is 22.8 Å². The van der Waals surface area contributed by atoms with Crippen LogP contribution < -0.4 is 9.62 Å². The Morgan fingerprint density at radius 2 is 1.89 bits per heavy atom. The summed E-state index contributed by atoms with van der Waals surface area (Å²) in [5.41, 5.74) is 3.62. The number of amides is 1. The Bertz CT molecular complexity index is 1530. The summed E-state index contributed by atoms with van der Waals surface area (Å²) in [6.07, 6.45) is 2.38. The molecule has 1 unspecified atom stereocenters. The molecule has 10 heteroatoms. The predicted octanol–water partition coefficient (Wildman–Crippen LogP) is 4.24. The van der Waals surface area contributed by atoms with Crippen molar-refractivity contribution in [3.8, 4) is 0 Å². The van der Waals surface area contributed by atoms with Crippen molar-refractivity contribution in [3.05, 3.63) is 89.4 Å². The lowest BCUT2D eigenvalue weighted by Crippen LogP contribution is -2.31. The number of rotatable bonds is 10. The van der Waals surface area contributed by atoms with Crippen LogP contribution in [-0.4, -0.2) is 49.4 Å². The molecule has 0 saturated heterocycles. The average Bonchev–Trinajstić information content (AvgIpc) is 3.36. The number of hydrogen-bond donors (Lipinski definition) is 2. The van der Waals surface area contributed by atoms with Crippen LogP contribution in [0.3, 0.4) is 0 Å². The molecule has 2 aromatic carbocycles. The molecule has 1 amide bonds.